The maximum absolute atomic E-state index is 13.5. The maximum Gasteiger partial charge on any atom is 0.127 e. The zero-order valence-corrected chi connectivity index (χ0v) is 12.4. The number of imidazole rings is 1. The summed E-state index contributed by atoms with van der Waals surface area (Å²) in [6.07, 6.45) is 3.54. The summed E-state index contributed by atoms with van der Waals surface area (Å²) in [5.41, 5.74) is 1.70. The van der Waals surface area contributed by atoms with E-state index in [0.29, 0.717) is 0 Å². The number of nitrogens with one attached hydrogen (secondary N) is 1. The molecular formula is C16H22FN3. The van der Waals surface area contributed by atoms with Gasteiger partial charge in [0, 0.05) is 11.6 Å². The van der Waals surface area contributed by atoms with Gasteiger partial charge in [-0.3, -0.25) is 0 Å². The van der Waals surface area contributed by atoms with Gasteiger partial charge in [-0.2, -0.15) is 0 Å². The van der Waals surface area contributed by atoms with Gasteiger partial charge in [0.25, 0.3) is 0 Å². The van der Waals surface area contributed by atoms with E-state index in [4.69, 9.17) is 4.98 Å². The Morgan fingerprint density at radius 3 is 2.75 bits per heavy atom. The lowest BCUT2D eigenvalue weighted by Crippen LogP contribution is -2.33. The Morgan fingerprint density at radius 1 is 1.30 bits per heavy atom. The first-order chi connectivity index (χ1) is 9.47. The Bertz CT molecular complexity index is 618. The van der Waals surface area contributed by atoms with Gasteiger partial charge in [-0.15, -0.1) is 0 Å². The molecule has 0 saturated carbocycles. The molecule has 1 atom stereocenters. The van der Waals surface area contributed by atoms with E-state index >= 15 is 0 Å². The van der Waals surface area contributed by atoms with Crippen LogP contribution in [0.1, 0.15) is 51.9 Å². The summed E-state index contributed by atoms with van der Waals surface area (Å²) in [5, 5.41) is 3.55. The van der Waals surface area contributed by atoms with Gasteiger partial charge in [-0.05, 0) is 52.3 Å². The number of rotatable bonds is 1. The smallest absolute Gasteiger partial charge is 0.127 e. The third-order valence-corrected chi connectivity index (χ3v) is 3.94. The van der Waals surface area contributed by atoms with Crippen LogP contribution in [0.15, 0.2) is 18.2 Å². The minimum absolute atomic E-state index is 0.0684. The van der Waals surface area contributed by atoms with Crippen LogP contribution >= 0.6 is 0 Å². The minimum atomic E-state index is -0.223. The first-order valence-electron chi connectivity index (χ1n) is 7.38. The van der Waals surface area contributed by atoms with Gasteiger partial charge in [0.05, 0.1) is 17.1 Å². The van der Waals surface area contributed by atoms with Crippen LogP contribution in [-0.4, -0.2) is 16.1 Å². The lowest BCUT2D eigenvalue weighted by molar-refractivity contribution is 0.338. The first kappa shape index (κ1) is 13.6. The van der Waals surface area contributed by atoms with Crippen LogP contribution in [0.25, 0.3) is 11.0 Å². The molecule has 1 unspecified atom stereocenters. The number of aromatic nitrogens is 2. The average molecular weight is 275 g/mol. The standard InChI is InChI=1S/C16H22FN3/c1-16(2,3)20-14-8-7-11(17)10-13(14)19-15(20)12-6-4-5-9-18-12/h7-8,10,12,18H,4-6,9H2,1-3H3. The molecule has 0 aliphatic carbocycles. The lowest BCUT2D eigenvalue weighted by Gasteiger charge is -2.30. The van der Waals surface area contributed by atoms with Crippen LogP contribution < -0.4 is 5.32 Å². The van der Waals surface area contributed by atoms with Crippen molar-refractivity contribution >= 4 is 11.0 Å². The highest BCUT2D eigenvalue weighted by Crippen LogP contribution is 2.31. The zero-order chi connectivity index (χ0) is 14.3. The zero-order valence-electron chi connectivity index (χ0n) is 12.4. The molecule has 1 saturated heterocycles. The van der Waals surface area contributed by atoms with Crippen LogP contribution in [0.2, 0.25) is 0 Å². The van der Waals surface area contributed by atoms with Crippen molar-refractivity contribution in [1.29, 1.82) is 0 Å². The van der Waals surface area contributed by atoms with Gasteiger partial charge in [-0.1, -0.05) is 6.42 Å². The summed E-state index contributed by atoms with van der Waals surface area (Å²) in [6.45, 7) is 7.55. The van der Waals surface area contributed by atoms with E-state index in [2.05, 4.69) is 30.7 Å². The van der Waals surface area contributed by atoms with Crippen molar-refractivity contribution < 1.29 is 4.39 Å². The highest BCUT2D eigenvalue weighted by atomic mass is 19.1. The van der Waals surface area contributed by atoms with E-state index in [9.17, 15) is 4.39 Å². The third kappa shape index (κ3) is 2.33. The largest absolute Gasteiger partial charge is 0.321 e. The Labute approximate surface area is 119 Å². The van der Waals surface area contributed by atoms with Gasteiger partial charge in [-0.25, -0.2) is 9.37 Å². The van der Waals surface area contributed by atoms with Gasteiger partial charge in [0.2, 0.25) is 0 Å². The molecule has 0 radical (unpaired) electrons. The Hall–Kier alpha value is -1.42. The monoisotopic (exact) mass is 275 g/mol. The highest BCUT2D eigenvalue weighted by Gasteiger charge is 2.27. The normalized spacial score (nSPS) is 20.5. The molecule has 0 bridgehead atoms. The average Bonchev–Trinajstić information content (AvgIpc) is 2.78. The molecule has 4 heteroatoms. The molecule has 1 aromatic carbocycles. The van der Waals surface area contributed by atoms with E-state index in [0.717, 1.165) is 29.8 Å². The summed E-state index contributed by atoms with van der Waals surface area (Å²) < 4.78 is 15.7. The van der Waals surface area contributed by atoms with Crippen molar-refractivity contribution in [1.82, 2.24) is 14.9 Å². The first-order valence-corrected chi connectivity index (χ1v) is 7.38. The molecule has 2 heterocycles. The fourth-order valence-electron chi connectivity index (χ4n) is 3.08. The molecule has 1 fully saturated rings. The van der Waals surface area contributed by atoms with E-state index < -0.39 is 0 Å². The van der Waals surface area contributed by atoms with Crippen LogP contribution in [0.5, 0.6) is 0 Å². The number of hydrogen-bond donors (Lipinski definition) is 1. The van der Waals surface area contributed by atoms with E-state index in [-0.39, 0.29) is 17.4 Å². The Morgan fingerprint density at radius 2 is 2.10 bits per heavy atom. The lowest BCUT2D eigenvalue weighted by atomic mass is 10.0. The van der Waals surface area contributed by atoms with Crippen molar-refractivity contribution in [2.24, 2.45) is 0 Å². The highest BCUT2D eigenvalue weighted by molar-refractivity contribution is 5.76. The molecule has 20 heavy (non-hydrogen) atoms. The van der Waals surface area contributed by atoms with Crippen molar-refractivity contribution in [3.63, 3.8) is 0 Å². The molecule has 1 aliphatic rings. The number of nitrogens with zero attached hydrogens (tertiary/aromatic N) is 2. The van der Waals surface area contributed by atoms with E-state index in [1.54, 1.807) is 0 Å². The molecular weight excluding hydrogens is 253 g/mol. The third-order valence-electron chi connectivity index (χ3n) is 3.94. The molecule has 1 aliphatic heterocycles. The second-order valence-corrected chi connectivity index (χ2v) is 6.61. The molecule has 1 aromatic heterocycles. The summed E-state index contributed by atoms with van der Waals surface area (Å²) in [5.74, 6) is 0.817. The van der Waals surface area contributed by atoms with Crippen molar-refractivity contribution in [2.45, 2.75) is 51.6 Å². The van der Waals surface area contributed by atoms with Crippen LogP contribution in [0.3, 0.4) is 0 Å². The topological polar surface area (TPSA) is 29.9 Å². The maximum atomic E-state index is 13.5. The second kappa shape index (κ2) is 4.85. The van der Waals surface area contributed by atoms with Crippen LogP contribution in [0, 0.1) is 5.82 Å². The van der Waals surface area contributed by atoms with Gasteiger partial charge in [0.15, 0.2) is 0 Å². The second-order valence-electron chi connectivity index (χ2n) is 6.61. The van der Waals surface area contributed by atoms with Crippen molar-refractivity contribution in [3.05, 3.63) is 29.8 Å². The minimum Gasteiger partial charge on any atom is -0.321 e. The Kier molecular flexibility index (Phi) is 3.28. The van der Waals surface area contributed by atoms with Crippen LogP contribution in [0.4, 0.5) is 4.39 Å². The molecule has 3 nitrogen and oxygen atoms in total. The molecule has 1 N–H and O–H groups in total. The fourth-order valence-corrected chi connectivity index (χ4v) is 3.08. The summed E-state index contributed by atoms with van der Waals surface area (Å²) in [4.78, 5) is 4.72. The number of hydrogen-bond acceptors (Lipinski definition) is 2. The van der Waals surface area contributed by atoms with Gasteiger partial charge in [0.1, 0.15) is 11.6 Å². The van der Waals surface area contributed by atoms with E-state index in [1.807, 2.05) is 6.07 Å². The summed E-state index contributed by atoms with van der Waals surface area (Å²) in [7, 11) is 0. The molecule has 108 valence electrons. The predicted molar refractivity (Wildman–Crippen MR) is 79.3 cm³/mol. The van der Waals surface area contributed by atoms with Crippen molar-refractivity contribution in [3.8, 4) is 0 Å². The predicted octanol–water partition coefficient (Wildman–Crippen LogP) is 3.75. The number of benzene rings is 1. The number of fused-ring (bicyclic) bond motifs is 1. The van der Waals surface area contributed by atoms with Crippen molar-refractivity contribution in [2.75, 3.05) is 6.54 Å². The Balaban J connectivity index is 2.18. The number of piperidine rings is 1. The van der Waals surface area contributed by atoms with Gasteiger partial charge >= 0.3 is 0 Å². The molecule has 0 amide bonds. The number of halogens is 1. The van der Waals surface area contributed by atoms with Gasteiger partial charge < -0.3 is 9.88 Å². The summed E-state index contributed by atoms with van der Waals surface area (Å²) >= 11 is 0. The quantitative estimate of drug-likeness (QED) is 0.859. The summed E-state index contributed by atoms with van der Waals surface area (Å²) in [6, 6.07) is 5.17. The molecule has 2 aromatic rings. The fraction of sp³-hybridized carbons (Fsp3) is 0.562. The molecule has 0 spiro atoms. The van der Waals surface area contributed by atoms with Crippen LogP contribution in [-0.2, 0) is 5.54 Å². The molecule has 3 rings (SSSR count). The van der Waals surface area contributed by atoms with E-state index in [1.165, 1.54) is 25.0 Å². The SMILES string of the molecule is CC(C)(C)n1c(C2CCCCN2)nc2cc(F)ccc21.